The Balaban J connectivity index is 1.99. The molecule has 2 heterocycles. The maximum atomic E-state index is 13.4. The fourth-order valence-electron chi connectivity index (χ4n) is 4.14. The van der Waals surface area contributed by atoms with Crippen molar-refractivity contribution in [3.63, 3.8) is 0 Å². The zero-order chi connectivity index (χ0) is 21.2. The third-order valence-corrected chi connectivity index (χ3v) is 7.14. The molecule has 0 aliphatic heterocycles. The van der Waals surface area contributed by atoms with E-state index in [9.17, 15) is 9.59 Å². The molecule has 0 bridgehead atoms. The average Bonchev–Trinajstić information content (AvgIpc) is 3.04. The molecule has 0 saturated heterocycles. The maximum Gasteiger partial charge on any atom is 0.305 e. The van der Waals surface area contributed by atoms with E-state index in [0.717, 1.165) is 35.3 Å². The summed E-state index contributed by atoms with van der Waals surface area (Å²) < 4.78 is 11.7. The van der Waals surface area contributed by atoms with Crippen LogP contribution < -0.4 is 5.56 Å². The van der Waals surface area contributed by atoms with E-state index in [1.165, 1.54) is 17.6 Å². The molecule has 2 aromatic rings. The van der Waals surface area contributed by atoms with Crippen LogP contribution >= 0.6 is 11.3 Å². The number of methoxy groups -OCH3 is 2. The average molecular weight is 421 g/mol. The molecule has 6 nitrogen and oxygen atoms in total. The van der Waals surface area contributed by atoms with Gasteiger partial charge in [-0.2, -0.15) is 0 Å². The van der Waals surface area contributed by atoms with E-state index in [-0.39, 0.29) is 16.9 Å². The highest BCUT2D eigenvalue weighted by Gasteiger charge is 2.32. The summed E-state index contributed by atoms with van der Waals surface area (Å²) in [4.78, 5) is 32.0. The quantitative estimate of drug-likeness (QED) is 0.638. The predicted octanol–water partition coefficient (Wildman–Crippen LogP) is 3.75. The highest BCUT2D eigenvalue weighted by atomic mass is 32.1. The first-order valence-corrected chi connectivity index (χ1v) is 11.2. The number of aromatic nitrogens is 2. The van der Waals surface area contributed by atoms with Crippen LogP contribution in [0.15, 0.2) is 4.79 Å². The van der Waals surface area contributed by atoms with E-state index in [1.54, 1.807) is 23.0 Å². The zero-order valence-electron chi connectivity index (χ0n) is 18.2. The first-order chi connectivity index (χ1) is 13.8. The lowest BCUT2D eigenvalue weighted by molar-refractivity contribution is -0.140. The molecule has 0 radical (unpaired) electrons. The molecule has 160 valence electrons. The molecule has 0 N–H and O–H groups in total. The van der Waals surface area contributed by atoms with Crippen molar-refractivity contribution in [2.75, 3.05) is 20.8 Å². The number of hydrogen-bond acceptors (Lipinski definition) is 6. The highest BCUT2D eigenvalue weighted by Crippen LogP contribution is 2.42. The molecular weight excluding hydrogens is 388 g/mol. The van der Waals surface area contributed by atoms with Gasteiger partial charge >= 0.3 is 5.97 Å². The smallest absolute Gasteiger partial charge is 0.305 e. The topological polar surface area (TPSA) is 70.4 Å². The maximum absolute atomic E-state index is 13.4. The number of hydrogen-bond donors (Lipinski definition) is 0. The Morgan fingerprint density at radius 2 is 2.07 bits per heavy atom. The number of fused-ring (bicyclic) bond motifs is 3. The lowest BCUT2D eigenvalue weighted by atomic mass is 9.72. The molecular formula is C22H32N2O4S. The minimum Gasteiger partial charge on any atom is -0.469 e. The molecule has 3 rings (SSSR count). The van der Waals surface area contributed by atoms with Crippen LogP contribution in [-0.4, -0.2) is 36.3 Å². The largest absolute Gasteiger partial charge is 0.469 e. The van der Waals surface area contributed by atoms with Gasteiger partial charge in [0.1, 0.15) is 10.7 Å². The van der Waals surface area contributed by atoms with Gasteiger partial charge in [-0.15, -0.1) is 11.3 Å². The summed E-state index contributed by atoms with van der Waals surface area (Å²) in [6, 6.07) is 0. The van der Waals surface area contributed by atoms with Crippen molar-refractivity contribution in [3.05, 3.63) is 26.6 Å². The Morgan fingerprint density at radius 3 is 2.72 bits per heavy atom. The van der Waals surface area contributed by atoms with Crippen molar-refractivity contribution in [2.45, 2.75) is 65.8 Å². The van der Waals surface area contributed by atoms with Gasteiger partial charge in [0.25, 0.3) is 5.56 Å². The highest BCUT2D eigenvalue weighted by molar-refractivity contribution is 7.18. The third kappa shape index (κ3) is 4.72. The van der Waals surface area contributed by atoms with E-state index >= 15 is 0 Å². The van der Waals surface area contributed by atoms with E-state index in [1.807, 2.05) is 0 Å². The van der Waals surface area contributed by atoms with Gasteiger partial charge in [-0.1, -0.05) is 20.8 Å². The Bertz CT molecular complexity index is 939. The third-order valence-electron chi connectivity index (χ3n) is 5.99. The summed E-state index contributed by atoms with van der Waals surface area (Å²) in [5.74, 6) is 1.10. The molecule has 29 heavy (non-hydrogen) atoms. The fourth-order valence-corrected chi connectivity index (χ4v) is 5.45. The molecule has 1 aliphatic rings. The first-order valence-electron chi connectivity index (χ1n) is 10.4. The molecule has 0 aromatic carbocycles. The number of nitrogens with zero attached hydrogens (tertiary/aromatic N) is 2. The number of aryl methyl sites for hydroxylation is 1. The Labute approximate surface area is 176 Å². The summed E-state index contributed by atoms with van der Waals surface area (Å²) in [5, 5.41) is 0.789. The van der Waals surface area contributed by atoms with Crippen LogP contribution in [0.5, 0.6) is 0 Å². The number of carbonyl (C=O) groups is 1. The van der Waals surface area contributed by atoms with Crippen molar-refractivity contribution in [2.24, 2.45) is 11.3 Å². The lowest BCUT2D eigenvalue weighted by Crippen LogP contribution is -2.28. The van der Waals surface area contributed by atoms with Gasteiger partial charge < -0.3 is 9.47 Å². The fraction of sp³-hybridized carbons (Fsp3) is 0.682. The van der Waals surface area contributed by atoms with Crippen molar-refractivity contribution in [1.29, 1.82) is 0 Å². The number of carbonyl (C=O) groups excluding carboxylic acids is 1. The summed E-state index contributed by atoms with van der Waals surface area (Å²) in [6.07, 6.45) is 4.49. The lowest BCUT2D eigenvalue weighted by Gasteiger charge is -2.33. The normalized spacial score (nSPS) is 16.8. The van der Waals surface area contributed by atoms with Crippen molar-refractivity contribution >= 4 is 27.5 Å². The number of esters is 1. The number of thiophene rings is 1. The Morgan fingerprint density at radius 1 is 1.31 bits per heavy atom. The van der Waals surface area contributed by atoms with Crippen LogP contribution in [0.2, 0.25) is 0 Å². The van der Waals surface area contributed by atoms with Gasteiger partial charge in [-0.05, 0) is 42.6 Å². The monoisotopic (exact) mass is 420 g/mol. The molecule has 1 atom stereocenters. The van der Waals surface area contributed by atoms with Gasteiger partial charge in [-0.3, -0.25) is 14.2 Å². The molecule has 2 aromatic heterocycles. The van der Waals surface area contributed by atoms with Crippen molar-refractivity contribution in [3.8, 4) is 0 Å². The van der Waals surface area contributed by atoms with Crippen LogP contribution in [0.3, 0.4) is 0 Å². The second-order valence-electron chi connectivity index (χ2n) is 8.90. The second-order valence-corrected chi connectivity index (χ2v) is 9.98. The Kier molecular flexibility index (Phi) is 6.79. The minimum absolute atomic E-state index is 0.0256. The summed E-state index contributed by atoms with van der Waals surface area (Å²) in [7, 11) is 3.03. The van der Waals surface area contributed by atoms with Gasteiger partial charge in [0, 0.05) is 31.4 Å². The molecule has 7 heteroatoms. The summed E-state index contributed by atoms with van der Waals surface area (Å²) in [5.41, 5.74) is 1.49. The van der Waals surface area contributed by atoms with Crippen LogP contribution in [0.1, 0.15) is 56.3 Å². The standard InChI is InChI=1S/C22H32N2O4S/c1-22(2,3)14-8-9-15-16(13-14)29-20-19(15)21(26)24(11-6-7-18(25)28-5)17(23-20)10-12-27-4/h14H,6-13H2,1-5H3. The predicted molar refractivity (Wildman–Crippen MR) is 116 cm³/mol. The van der Waals surface area contributed by atoms with Crippen LogP contribution in [0, 0.1) is 11.3 Å². The van der Waals surface area contributed by atoms with Gasteiger partial charge in [0.05, 0.1) is 19.1 Å². The SMILES string of the molecule is COCCc1nc2sc3c(c2c(=O)n1CCCC(=O)OC)CCC(C(C)(C)C)C3. The number of ether oxygens (including phenoxy) is 2. The van der Waals surface area contributed by atoms with E-state index in [4.69, 9.17) is 14.5 Å². The summed E-state index contributed by atoms with van der Waals surface area (Å²) >= 11 is 1.68. The minimum atomic E-state index is -0.258. The van der Waals surface area contributed by atoms with Gasteiger partial charge in [-0.25, -0.2) is 4.98 Å². The van der Waals surface area contributed by atoms with Gasteiger partial charge in [0.15, 0.2) is 0 Å². The molecule has 0 amide bonds. The second kappa shape index (κ2) is 8.96. The summed E-state index contributed by atoms with van der Waals surface area (Å²) in [6.45, 7) is 7.86. The van der Waals surface area contributed by atoms with E-state index < -0.39 is 0 Å². The number of rotatable bonds is 7. The molecule has 1 unspecified atom stereocenters. The van der Waals surface area contributed by atoms with E-state index in [2.05, 4.69) is 20.8 Å². The van der Waals surface area contributed by atoms with E-state index in [0.29, 0.717) is 38.3 Å². The zero-order valence-corrected chi connectivity index (χ0v) is 19.0. The van der Waals surface area contributed by atoms with Crippen LogP contribution in [0.25, 0.3) is 10.2 Å². The molecule has 1 aliphatic carbocycles. The van der Waals surface area contributed by atoms with Crippen molar-refractivity contribution < 1.29 is 14.3 Å². The molecule has 0 fully saturated rings. The first kappa shape index (κ1) is 22.0. The van der Waals surface area contributed by atoms with Crippen LogP contribution in [-0.2, 0) is 40.1 Å². The van der Waals surface area contributed by atoms with Crippen LogP contribution in [0.4, 0.5) is 0 Å². The van der Waals surface area contributed by atoms with Crippen molar-refractivity contribution in [1.82, 2.24) is 9.55 Å². The Hall–Kier alpha value is -1.73. The molecule has 0 saturated carbocycles. The molecule has 0 spiro atoms. The van der Waals surface area contributed by atoms with Gasteiger partial charge in [0.2, 0.25) is 0 Å².